The number of allylic oxidation sites excluding steroid dienone is 3. The molecular formula is C91H121BBrF6N9O19S6. The van der Waals surface area contributed by atoms with Gasteiger partial charge in [-0.3, -0.25) is 9.69 Å². The lowest BCUT2D eigenvalue weighted by Crippen LogP contribution is -2.45. The van der Waals surface area contributed by atoms with Gasteiger partial charge in [-0.2, -0.15) is 43.2 Å². The molecule has 6 aliphatic heterocycles. The standard InChI is InChI=1S/C18H24N2O2S.C18H22N2O2S.C13H16BNO2S.2C12H18F3NO5S.C11H19NO3.C7H4BrNS/c2*1-12-5-7-15(20(10-12)17(21)22-18(2,3)4)13-6-8-16-14(9-13)19-11-23-16;1-12(2)13(3,4)17-14(16-12)9-5-6-11-10(7-9)15-8-18-11;2*1-8-5-6-9(21-22(18,19)12(13,14)15)16(7-8)10(17)20-11(2,3)4;1-8-5-6-9(13)12(7-8)10(14)15-11(2,3)4;8-5-1-2-7-6(3-5)9-4-10-7/h6,8-9,11-12,15H,5,7,10H2,1-4H3;6-9,11-12H,5,10H2,1-4H3;5-8H,1-4H3;2*6,8H,5,7H2,1-4H3;8H,5-7H2,1-4H3;1-4H/t12-,15?;12-;;3*8-;/m00.000./s1. The number of ether oxygens (including phenoxy) is 5. The fraction of sp³-hybridized carbons (Fsp3) is 0.560. The average molecular weight is 2040 g/mol. The van der Waals surface area contributed by atoms with Gasteiger partial charge in [-0.15, -0.1) is 45.3 Å². The van der Waals surface area contributed by atoms with Gasteiger partial charge in [0.1, 0.15) is 28.0 Å². The summed E-state index contributed by atoms with van der Waals surface area (Å²) in [4.78, 5) is 96.1. The molecule has 1 unspecified atom stereocenters. The molecule has 6 atom stereocenters. The minimum atomic E-state index is -5.84. The first-order valence-corrected chi connectivity index (χ1v) is 50.3. The molecule has 0 aliphatic carbocycles. The summed E-state index contributed by atoms with van der Waals surface area (Å²) < 4.78 is 171. The van der Waals surface area contributed by atoms with Gasteiger partial charge in [-0.25, -0.2) is 58.6 Å². The van der Waals surface area contributed by atoms with Gasteiger partial charge in [-0.05, 0) is 277 Å². The van der Waals surface area contributed by atoms with Gasteiger partial charge in [-0.1, -0.05) is 74.8 Å². The van der Waals surface area contributed by atoms with E-state index in [2.05, 4.69) is 140 Å². The Morgan fingerprint density at radius 3 is 1.23 bits per heavy atom. The summed E-state index contributed by atoms with van der Waals surface area (Å²) in [6, 6.07) is 24.9. The molecule has 732 valence electrons. The number of carbonyl (C=O) groups excluding carboxylic acids is 6. The third-order valence-electron chi connectivity index (χ3n) is 20.5. The predicted molar refractivity (Wildman–Crippen MR) is 509 cm³/mol. The number of alkyl halides is 6. The first-order valence-electron chi connectivity index (χ1n) is 43.2. The highest BCUT2D eigenvalue weighted by Gasteiger charge is 2.54. The van der Waals surface area contributed by atoms with Crippen LogP contribution in [0.4, 0.5) is 50.3 Å². The number of fused-ring (bicyclic) bond motifs is 4. The molecule has 0 spiro atoms. The average Bonchev–Trinajstić information content (AvgIpc) is 1.29. The van der Waals surface area contributed by atoms with E-state index in [9.17, 15) is 71.9 Å². The number of thiazole rings is 4. The number of aromatic nitrogens is 4. The Balaban J connectivity index is 0.000000193. The number of hydrogen-bond acceptors (Lipinski definition) is 27. The van der Waals surface area contributed by atoms with Gasteiger partial charge in [0.15, 0.2) is 0 Å². The molecule has 3 saturated heterocycles. The zero-order valence-corrected chi connectivity index (χ0v) is 85.9. The molecule has 3 fully saturated rings. The fourth-order valence-corrected chi connectivity index (χ4v) is 17.3. The van der Waals surface area contributed by atoms with Crippen LogP contribution in [-0.4, -0.2) is 188 Å². The fourth-order valence-electron chi connectivity index (χ4n) is 13.3. The van der Waals surface area contributed by atoms with Crippen molar-refractivity contribution in [2.24, 2.45) is 29.6 Å². The van der Waals surface area contributed by atoms with Crippen molar-refractivity contribution < 1.29 is 113 Å². The van der Waals surface area contributed by atoms with Crippen LogP contribution in [0.1, 0.15) is 228 Å². The highest BCUT2D eigenvalue weighted by atomic mass is 79.9. The van der Waals surface area contributed by atoms with Crippen molar-refractivity contribution >= 4 is 177 Å². The van der Waals surface area contributed by atoms with Crippen LogP contribution in [0.25, 0.3) is 46.6 Å². The van der Waals surface area contributed by atoms with Crippen molar-refractivity contribution in [1.29, 1.82) is 0 Å². The highest BCUT2D eigenvalue weighted by molar-refractivity contribution is 9.10. The van der Waals surface area contributed by atoms with Crippen LogP contribution < -0.4 is 5.46 Å². The van der Waals surface area contributed by atoms with Crippen LogP contribution in [0.5, 0.6) is 0 Å². The molecule has 0 N–H and O–H groups in total. The van der Waals surface area contributed by atoms with Gasteiger partial charge >= 0.3 is 68.8 Å². The Morgan fingerprint density at radius 1 is 0.436 bits per heavy atom. The molecule has 6 aliphatic rings. The van der Waals surface area contributed by atoms with Crippen molar-refractivity contribution in [1.82, 2.24) is 44.4 Å². The van der Waals surface area contributed by atoms with E-state index in [1.54, 1.807) is 126 Å². The number of nitrogens with zero attached hydrogens (tertiary/aromatic N) is 9. The molecule has 42 heteroatoms. The zero-order valence-electron chi connectivity index (χ0n) is 79.4. The molecule has 14 rings (SSSR count). The SMILES string of the molecule is Brc1ccc2scnc2c1.CC1(C)OB(c2ccc3scnc3c2)OC1(C)C.C[C@H]1CC=C(OS(=O)(=O)C(F)(F)F)N(C(=O)OC(C)(C)C)C1.C[C@H]1CC=C(OS(=O)(=O)C(F)(F)F)N(C(=O)OC(C)(C)C)C1.C[C@H]1CC=C(c2ccc3scnc3c2)N(C(=O)OC(C)(C)C)C1.C[C@H]1CCC(=O)N(C(=O)OC(C)(C)C)C1.C[C@H]1CCC(c2ccc3scnc3c2)N(C(=O)OC(C)(C)C)C1. The van der Waals surface area contributed by atoms with Gasteiger partial charge in [0, 0.05) is 49.2 Å². The van der Waals surface area contributed by atoms with Crippen LogP contribution in [0.2, 0.25) is 0 Å². The maximum absolute atomic E-state index is 12.6. The Bertz CT molecular complexity index is 5610. The third-order valence-corrected chi connectivity index (χ3v) is 26.1. The van der Waals surface area contributed by atoms with Crippen LogP contribution in [0.3, 0.4) is 0 Å². The van der Waals surface area contributed by atoms with Gasteiger partial charge in [0.2, 0.25) is 17.7 Å². The molecule has 0 radical (unpaired) electrons. The second-order valence-corrected chi connectivity index (χ2v) is 46.7. The van der Waals surface area contributed by atoms with E-state index in [1.165, 1.54) is 19.0 Å². The second-order valence-electron chi connectivity index (χ2n) is 39.1. The predicted octanol–water partition coefficient (Wildman–Crippen LogP) is 23.7. The van der Waals surface area contributed by atoms with Crippen LogP contribution in [-0.2, 0) is 66.4 Å². The second kappa shape index (κ2) is 44.1. The zero-order chi connectivity index (χ0) is 99.5. The molecule has 0 saturated carbocycles. The number of hydrogen-bond donors (Lipinski definition) is 0. The number of piperidine rings is 2. The molecule has 28 nitrogen and oxygen atoms in total. The number of imide groups is 1. The molecule has 133 heavy (non-hydrogen) atoms. The van der Waals surface area contributed by atoms with E-state index >= 15 is 0 Å². The van der Waals surface area contributed by atoms with E-state index in [4.69, 9.17) is 33.0 Å². The molecular weight excluding hydrogens is 1920 g/mol. The quantitative estimate of drug-likeness (QED) is 0.0470. The van der Waals surface area contributed by atoms with Crippen molar-refractivity contribution in [2.45, 2.75) is 267 Å². The van der Waals surface area contributed by atoms with Crippen LogP contribution in [0, 0.1) is 29.6 Å². The van der Waals surface area contributed by atoms with E-state index in [0.29, 0.717) is 37.3 Å². The lowest BCUT2D eigenvalue weighted by atomic mass is 9.79. The highest BCUT2D eigenvalue weighted by Crippen LogP contribution is 2.41. The Morgan fingerprint density at radius 2 is 0.789 bits per heavy atom. The Labute approximate surface area is 799 Å². The molecule has 6 amide bonds. The van der Waals surface area contributed by atoms with Crippen LogP contribution >= 0.6 is 61.3 Å². The van der Waals surface area contributed by atoms with E-state index in [1.807, 2.05) is 99.7 Å². The summed E-state index contributed by atoms with van der Waals surface area (Å²) in [7, 11) is -12.0. The molecule has 0 bridgehead atoms. The smallest absolute Gasteiger partial charge is 0.444 e. The van der Waals surface area contributed by atoms with Crippen LogP contribution in [0.15, 0.2) is 129 Å². The molecule has 10 heterocycles. The molecule has 8 aromatic rings. The number of carbonyl (C=O) groups is 6. The van der Waals surface area contributed by atoms with Gasteiger partial charge in [0.05, 0.1) is 85.8 Å². The topological polar surface area (TPSA) is 322 Å². The minimum absolute atomic E-state index is 0.00583. The molecule has 4 aromatic heterocycles. The number of benzene rings is 4. The van der Waals surface area contributed by atoms with Gasteiger partial charge in [0.25, 0.3) is 0 Å². The van der Waals surface area contributed by atoms with Crippen molar-refractivity contribution in [2.75, 3.05) is 32.7 Å². The maximum atomic E-state index is 12.6. The Hall–Kier alpha value is -8.78. The van der Waals surface area contributed by atoms with Crippen molar-refractivity contribution in [3.05, 3.63) is 140 Å². The third kappa shape index (κ3) is 32.5. The number of halogens is 7. The Kier molecular flexibility index (Phi) is 36.4. The number of amides is 6. The summed E-state index contributed by atoms with van der Waals surface area (Å²) in [6.45, 7) is 46.3. The monoisotopic (exact) mass is 2040 g/mol. The summed E-state index contributed by atoms with van der Waals surface area (Å²) in [5, 5.41) is 0. The molecule has 4 aromatic carbocycles. The lowest BCUT2D eigenvalue weighted by molar-refractivity contribution is -0.133. The minimum Gasteiger partial charge on any atom is -0.444 e. The normalized spacial score (nSPS) is 20.2. The summed E-state index contributed by atoms with van der Waals surface area (Å²) in [5.74, 6) is -0.357. The largest absolute Gasteiger partial charge is 0.534 e. The lowest BCUT2D eigenvalue weighted by Gasteiger charge is -2.39. The first-order chi connectivity index (χ1) is 61.2. The summed E-state index contributed by atoms with van der Waals surface area (Å²) in [5.41, 5.74) is 0.588. The van der Waals surface area contributed by atoms with E-state index < -0.39 is 89.3 Å². The van der Waals surface area contributed by atoms with E-state index in [-0.39, 0.29) is 80.2 Å². The number of rotatable bonds is 7. The number of likely N-dealkylation sites (tertiary alicyclic amines) is 2. The summed E-state index contributed by atoms with van der Waals surface area (Å²) in [6.07, 6.45) is 6.35. The van der Waals surface area contributed by atoms with E-state index in [0.717, 1.165) is 108 Å². The van der Waals surface area contributed by atoms with Gasteiger partial charge < -0.3 is 46.3 Å². The maximum Gasteiger partial charge on any atom is 0.534 e. The first kappa shape index (κ1) is 110. The van der Waals surface area contributed by atoms with Crippen molar-refractivity contribution in [3.63, 3.8) is 0 Å². The van der Waals surface area contributed by atoms with Crippen molar-refractivity contribution in [3.8, 4) is 0 Å². The summed E-state index contributed by atoms with van der Waals surface area (Å²) >= 11 is 9.96.